The van der Waals surface area contributed by atoms with Crippen LogP contribution in [0, 0.1) is 5.95 Å². The summed E-state index contributed by atoms with van der Waals surface area (Å²) in [6.45, 7) is 0.702. The third kappa shape index (κ3) is 4.20. The summed E-state index contributed by atoms with van der Waals surface area (Å²) in [6.07, 6.45) is 9.22. The number of H-pyrrole nitrogens is 1. The minimum Gasteiger partial charge on any atom is -0.329 e. The fourth-order valence-electron chi connectivity index (χ4n) is 4.89. The van der Waals surface area contributed by atoms with E-state index in [2.05, 4.69) is 31.9 Å². The first kappa shape index (κ1) is 21.0. The maximum absolute atomic E-state index is 13.2. The molecule has 9 nitrogen and oxygen atoms in total. The lowest BCUT2D eigenvalue weighted by Crippen LogP contribution is -2.48. The molecule has 176 valence electrons. The Morgan fingerprint density at radius 2 is 2.03 bits per heavy atom. The zero-order valence-corrected chi connectivity index (χ0v) is 18.9. The van der Waals surface area contributed by atoms with Crippen molar-refractivity contribution in [2.75, 3.05) is 22.1 Å². The van der Waals surface area contributed by atoms with E-state index >= 15 is 0 Å². The molecule has 2 aliphatic carbocycles. The molecule has 6 rings (SSSR count). The average Bonchev–Trinajstić information content (AvgIpc) is 3.40. The molecule has 3 N–H and O–H groups in total. The van der Waals surface area contributed by atoms with Gasteiger partial charge in [0.15, 0.2) is 0 Å². The van der Waals surface area contributed by atoms with Crippen molar-refractivity contribution in [3.05, 3.63) is 47.3 Å². The number of anilines is 4. The maximum atomic E-state index is 13.2. The zero-order chi connectivity index (χ0) is 23.1. The number of fused-ring (bicyclic) bond motifs is 1. The van der Waals surface area contributed by atoms with Crippen LogP contribution in [0.1, 0.15) is 61.4 Å². The molecule has 2 fully saturated rings. The van der Waals surface area contributed by atoms with Crippen molar-refractivity contribution in [2.24, 2.45) is 0 Å². The first-order valence-electron chi connectivity index (χ1n) is 12.1. The molecule has 1 aliphatic heterocycles. The average molecular weight is 463 g/mol. The monoisotopic (exact) mass is 462 g/mol. The Balaban J connectivity index is 1.27. The standard InChI is InChI=1S/C24H27FN8O/c25-20-10-9-15(13-26-20)27-23(34)19-6-1-2-11-33(19)24-28-17-5-3-4-16(17)22(30-24)29-21-12-18(31-32-21)14-7-8-14/h9-10,12-14,19H,1-8,11H2,(H,27,34)(H2,28,29,30,31,32). The predicted molar refractivity (Wildman–Crippen MR) is 126 cm³/mol. The number of nitrogens with zero attached hydrogens (tertiary/aromatic N) is 5. The molecule has 34 heavy (non-hydrogen) atoms. The van der Waals surface area contributed by atoms with E-state index in [0.29, 0.717) is 30.5 Å². The first-order valence-corrected chi connectivity index (χ1v) is 12.1. The molecule has 0 aromatic carbocycles. The molecule has 1 saturated carbocycles. The second-order valence-corrected chi connectivity index (χ2v) is 9.32. The molecule has 1 atom stereocenters. The van der Waals surface area contributed by atoms with E-state index in [1.807, 2.05) is 4.90 Å². The Morgan fingerprint density at radius 1 is 1.12 bits per heavy atom. The van der Waals surface area contributed by atoms with Gasteiger partial charge in [-0.2, -0.15) is 14.5 Å². The summed E-state index contributed by atoms with van der Waals surface area (Å²) in [6, 6.07) is 4.41. The minimum atomic E-state index is -0.578. The Labute approximate surface area is 196 Å². The van der Waals surface area contributed by atoms with Crippen LogP contribution in [0.15, 0.2) is 24.4 Å². The summed E-state index contributed by atoms with van der Waals surface area (Å²) >= 11 is 0. The van der Waals surface area contributed by atoms with Crippen LogP contribution >= 0.6 is 0 Å². The molecule has 1 saturated heterocycles. The second kappa shape index (κ2) is 8.66. The summed E-state index contributed by atoms with van der Waals surface area (Å²) in [7, 11) is 0. The fraction of sp³-hybridized carbons (Fsp3) is 0.458. The Morgan fingerprint density at radius 3 is 2.85 bits per heavy atom. The summed E-state index contributed by atoms with van der Waals surface area (Å²) < 4.78 is 13.1. The predicted octanol–water partition coefficient (Wildman–Crippen LogP) is 3.84. The molecular formula is C24H27FN8O. The Kier molecular flexibility index (Phi) is 5.35. The number of nitrogens with one attached hydrogen (secondary N) is 3. The largest absolute Gasteiger partial charge is 0.329 e. The van der Waals surface area contributed by atoms with E-state index in [4.69, 9.17) is 9.97 Å². The molecule has 1 unspecified atom stereocenters. The highest BCUT2D eigenvalue weighted by Crippen LogP contribution is 2.40. The third-order valence-corrected chi connectivity index (χ3v) is 6.82. The fourth-order valence-corrected chi connectivity index (χ4v) is 4.89. The highest BCUT2D eigenvalue weighted by molar-refractivity contribution is 5.96. The van der Waals surface area contributed by atoms with Crippen molar-refractivity contribution >= 4 is 29.2 Å². The molecule has 3 aliphatic rings. The SMILES string of the molecule is O=C(Nc1ccc(F)nc1)C1CCCCN1c1nc2c(c(Nc3cc(C4CC4)n[nH]3)n1)CCC2. The lowest BCUT2D eigenvalue weighted by atomic mass is 10.0. The number of pyridine rings is 1. The Bertz CT molecular complexity index is 1210. The third-order valence-electron chi connectivity index (χ3n) is 6.82. The summed E-state index contributed by atoms with van der Waals surface area (Å²) in [5, 5.41) is 13.8. The van der Waals surface area contributed by atoms with Gasteiger partial charge < -0.3 is 15.5 Å². The topological polar surface area (TPSA) is 112 Å². The molecule has 0 bridgehead atoms. The van der Waals surface area contributed by atoms with Gasteiger partial charge in [0.2, 0.25) is 17.8 Å². The number of rotatable bonds is 6. The van der Waals surface area contributed by atoms with Crippen LogP contribution in [0.3, 0.4) is 0 Å². The number of amides is 1. The summed E-state index contributed by atoms with van der Waals surface area (Å²) in [5.74, 6) is 2.03. The van der Waals surface area contributed by atoms with Gasteiger partial charge in [-0.15, -0.1) is 0 Å². The van der Waals surface area contributed by atoms with Crippen molar-refractivity contribution in [3.63, 3.8) is 0 Å². The Hall–Kier alpha value is -3.56. The smallest absolute Gasteiger partial charge is 0.247 e. The van der Waals surface area contributed by atoms with Crippen LogP contribution < -0.4 is 15.5 Å². The highest BCUT2D eigenvalue weighted by atomic mass is 19.1. The first-order chi connectivity index (χ1) is 16.6. The molecule has 1 amide bonds. The van der Waals surface area contributed by atoms with Gasteiger partial charge in [-0.1, -0.05) is 0 Å². The van der Waals surface area contributed by atoms with Gasteiger partial charge in [-0.05, 0) is 63.5 Å². The molecular weight excluding hydrogens is 435 g/mol. The lowest BCUT2D eigenvalue weighted by Gasteiger charge is -2.35. The van der Waals surface area contributed by atoms with Gasteiger partial charge in [-0.3, -0.25) is 9.89 Å². The zero-order valence-electron chi connectivity index (χ0n) is 18.9. The minimum absolute atomic E-state index is 0.158. The van der Waals surface area contributed by atoms with Gasteiger partial charge in [-0.25, -0.2) is 9.97 Å². The van der Waals surface area contributed by atoms with Crippen molar-refractivity contribution < 1.29 is 9.18 Å². The number of hydrogen-bond donors (Lipinski definition) is 3. The van der Waals surface area contributed by atoms with Crippen LogP contribution in [0.25, 0.3) is 0 Å². The molecule has 3 aromatic rings. The van der Waals surface area contributed by atoms with Gasteiger partial charge in [0.25, 0.3) is 0 Å². The van der Waals surface area contributed by atoms with E-state index in [1.165, 1.54) is 31.2 Å². The van der Waals surface area contributed by atoms with Crippen molar-refractivity contribution in [3.8, 4) is 0 Å². The normalized spacial score (nSPS) is 19.7. The number of aromatic amines is 1. The van der Waals surface area contributed by atoms with E-state index in [0.717, 1.165) is 60.7 Å². The molecule has 10 heteroatoms. The number of carbonyl (C=O) groups is 1. The molecule has 0 spiro atoms. The van der Waals surface area contributed by atoms with E-state index < -0.39 is 12.0 Å². The quantitative estimate of drug-likeness (QED) is 0.477. The van der Waals surface area contributed by atoms with Crippen LogP contribution in [0.5, 0.6) is 0 Å². The van der Waals surface area contributed by atoms with E-state index in [-0.39, 0.29) is 5.91 Å². The lowest BCUT2D eigenvalue weighted by molar-refractivity contribution is -0.117. The van der Waals surface area contributed by atoms with Gasteiger partial charge >= 0.3 is 0 Å². The van der Waals surface area contributed by atoms with Gasteiger partial charge in [0, 0.05) is 24.1 Å². The van der Waals surface area contributed by atoms with Crippen LogP contribution in [0.4, 0.5) is 27.7 Å². The number of halogens is 1. The summed E-state index contributed by atoms with van der Waals surface area (Å²) in [5.41, 5.74) is 3.75. The second-order valence-electron chi connectivity index (χ2n) is 9.32. The molecule has 0 radical (unpaired) electrons. The van der Waals surface area contributed by atoms with E-state index in [1.54, 1.807) is 0 Å². The van der Waals surface area contributed by atoms with Crippen molar-refractivity contribution in [1.82, 2.24) is 25.1 Å². The summed E-state index contributed by atoms with van der Waals surface area (Å²) in [4.78, 5) is 28.6. The number of piperidine rings is 1. The number of hydrogen-bond acceptors (Lipinski definition) is 7. The maximum Gasteiger partial charge on any atom is 0.247 e. The van der Waals surface area contributed by atoms with Crippen LogP contribution in [-0.4, -0.2) is 43.6 Å². The number of aromatic nitrogens is 5. The van der Waals surface area contributed by atoms with Crippen LogP contribution in [-0.2, 0) is 17.6 Å². The van der Waals surface area contributed by atoms with Gasteiger partial charge in [0.05, 0.1) is 23.3 Å². The van der Waals surface area contributed by atoms with Crippen LogP contribution in [0.2, 0.25) is 0 Å². The van der Waals surface area contributed by atoms with Crippen molar-refractivity contribution in [2.45, 2.75) is 63.3 Å². The van der Waals surface area contributed by atoms with Gasteiger partial charge in [0.1, 0.15) is 17.7 Å². The van der Waals surface area contributed by atoms with E-state index in [9.17, 15) is 9.18 Å². The molecule has 3 aromatic heterocycles. The highest BCUT2D eigenvalue weighted by Gasteiger charge is 2.33. The molecule has 4 heterocycles. The van der Waals surface area contributed by atoms with Crippen molar-refractivity contribution in [1.29, 1.82) is 0 Å². The number of carbonyl (C=O) groups excluding carboxylic acids is 1. The number of aryl methyl sites for hydroxylation is 1.